The number of nitrogens with zero attached hydrogens (tertiary/aromatic N) is 2. The number of nitrogens with one attached hydrogen (secondary N) is 1. The van der Waals surface area contributed by atoms with Gasteiger partial charge in [0.05, 0.1) is 46.7 Å². The van der Waals surface area contributed by atoms with Gasteiger partial charge < -0.3 is 9.15 Å². The molecule has 6 radical (unpaired) electrons. The van der Waals surface area contributed by atoms with Crippen molar-refractivity contribution in [2.24, 2.45) is 10.4 Å². The molecule has 1 saturated heterocycles. The molecule has 10 heteroatoms. The topological polar surface area (TPSA) is 110 Å². The maximum atomic E-state index is 12.7. The predicted molar refractivity (Wildman–Crippen MR) is 133 cm³/mol. The Bertz CT molecular complexity index is 897. The SMILES string of the molecule is CC(C)(C)[S@](=O)N[C@]1(C)C[C@@H](c2ccco2)[C@]2(N=O)COC[C@]12N=O.C[C]1[CH][C](C)[C](C)[C]1C.[Co]. The van der Waals surface area contributed by atoms with Crippen molar-refractivity contribution in [1.82, 2.24) is 4.72 Å². The number of furan rings is 1. The summed E-state index contributed by atoms with van der Waals surface area (Å²) >= 11 is 0. The third-order valence-electron chi connectivity index (χ3n) is 7.71. The van der Waals surface area contributed by atoms with Crippen molar-refractivity contribution in [2.75, 3.05) is 13.2 Å². The normalized spacial score (nSPS) is 35.1. The van der Waals surface area contributed by atoms with Gasteiger partial charge in [0.1, 0.15) is 5.76 Å². The van der Waals surface area contributed by atoms with Crippen molar-refractivity contribution < 1.29 is 30.1 Å². The minimum absolute atomic E-state index is 0. The molecule has 0 amide bonds. The molecule has 8 nitrogen and oxygen atoms in total. The quantitative estimate of drug-likeness (QED) is 0.508. The summed E-state index contributed by atoms with van der Waals surface area (Å²) in [5, 5.41) is 6.72. The van der Waals surface area contributed by atoms with Crippen molar-refractivity contribution >= 4 is 11.0 Å². The van der Waals surface area contributed by atoms with Gasteiger partial charge in [-0.2, -0.15) is 4.91 Å². The van der Waals surface area contributed by atoms with E-state index in [1.54, 1.807) is 19.1 Å². The van der Waals surface area contributed by atoms with Crippen LogP contribution in [0.1, 0.15) is 73.5 Å². The number of fused-ring (bicyclic) bond motifs is 1. The zero-order chi connectivity index (χ0) is 25.5. The average Bonchev–Trinajstić information content (AvgIpc) is 3.51. The number of hydrogen-bond donors (Lipinski definition) is 1. The van der Waals surface area contributed by atoms with Crippen molar-refractivity contribution in [1.29, 1.82) is 0 Å². The molecule has 1 aliphatic heterocycles. The standard InChI is InChI=1S/C16H23N3O5S.C9H13.Co/c1-13(2,3)25(22)19-14(4)8-11(12-6-5-7-24-12)15(17-20)9-23-10-16(14,15)18-21;1-6-5-7(2)9(4)8(6)3;/h5-7,11,19H,8-10H2,1-4H3;5H,1-4H3;/t11-,14+,15+,16-,25-;;/m0../s1. The van der Waals surface area contributed by atoms with Gasteiger partial charge in [-0.05, 0) is 76.3 Å². The largest absolute Gasteiger partial charge is 0.469 e. The van der Waals surface area contributed by atoms with E-state index in [0.717, 1.165) is 0 Å². The zero-order valence-corrected chi connectivity index (χ0v) is 23.5. The zero-order valence-electron chi connectivity index (χ0n) is 21.7. The summed E-state index contributed by atoms with van der Waals surface area (Å²) < 4.78 is 26.3. The second-order valence-corrected chi connectivity index (χ2v) is 12.8. The molecule has 196 valence electrons. The Morgan fingerprint density at radius 3 is 2.06 bits per heavy atom. The van der Waals surface area contributed by atoms with Gasteiger partial charge in [0, 0.05) is 16.8 Å². The Hall–Kier alpha value is -0.944. The van der Waals surface area contributed by atoms with Gasteiger partial charge in [-0.15, -0.1) is 4.91 Å². The van der Waals surface area contributed by atoms with Gasteiger partial charge in [0.25, 0.3) is 0 Å². The summed E-state index contributed by atoms with van der Waals surface area (Å²) in [5.74, 6) is 5.80. The molecule has 1 N–H and O–H groups in total. The van der Waals surface area contributed by atoms with Crippen LogP contribution in [-0.4, -0.2) is 38.8 Å². The van der Waals surface area contributed by atoms with Gasteiger partial charge in [0.15, 0.2) is 11.1 Å². The molecule has 0 bridgehead atoms. The van der Waals surface area contributed by atoms with Crippen LogP contribution in [0.25, 0.3) is 0 Å². The van der Waals surface area contributed by atoms with E-state index in [1.807, 2.05) is 20.8 Å². The van der Waals surface area contributed by atoms with Crippen LogP contribution < -0.4 is 4.72 Å². The van der Waals surface area contributed by atoms with Crippen LogP contribution in [0.4, 0.5) is 0 Å². The Labute approximate surface area is 222 Å². The molecular formula is C25H36CoN3O5S. The van der Waals surface area contributed by atoms with E-state index in [4.69, 9.17) is 9.15 Å². The van der Waals surface area contributed by atoms with E-state index in [1.165, 1.54) is 29.9 Å². The molecule has 2 saturated carbocycles. The summed E-state index contributed by atoms with van der Waals surface area (Å²) in [6, 6.07) is 3.47. The maximum absolute atomic E-state index is 12.7. The van der Waals surface area contributed by atoms with Crippen LogP contribution in [-0.2, 0) is 32.5 Å². The van der Waals surface area contributed by atoms with Crippen LogP contribution in [0.2, 0.25) is 0 Å². The molecule has 3 fully saturated rings. The fourth-order valence-electron chi connectivity index (χ4n) is 5.18. The van der Waals surface area contributed by atoms with Gasteiger partial charge in [-0.25, -0.2) is 8.93 Å². The third-order valence-corrected chi connectivity index (χ3v) is 9.46. The summed E-state index contributed by atoms with van der Waals surface area (Å²) in [6.45, 7) is 15.9. The number of hydrogen-bond acceptors (Lipinski definition) is 7. The first-order valence-electron chi connectivity index (χ1n) is 11.5. The summed E-state index contributed by atoms with van der Waals surface area (Å²) in [6.07, 6.45) is 4.09. The van der Waals surface area contributed by atoms with E-state index in [9.17, 15) is 14.0 Å². The third kappa shape index (κ3) is 4.97. The Morgan fingerprint density at radius 2 is 1.66 bits per heavy atom. The van der Waals surface area contributed by atoms with Crippen molar-refractivity contribution in [3.8, 4) is 0 Å². The fourth-order valence-corrected chi connectivity index (χ4v) is 6.15. The molecule has 5 atom stereocenters. The summed E-state index contributed by atoms with van der Waals surface area (Å²) in [7, 11) is -1.46. The molecule has 0 spiro atoms. The van der Waals surface area contributed by atoms with Gasteiger partial charge in [-0.3, -0.25) is 0 Å². The second kappa shape index (κ2) is 10.8. The minimum atomic E-state index is -1.46. The smallest absolute Gasteiger partial charge is 0.176 e. The molecule has 3 aliphatic rings. The molecular weight excluding hydrogens is 513 g/mol. The van der Waals surface area contributed by atoms with Crippen molar-refractivity contribution in [2.45, 2.75) is 89.1 Å². The van der Waals surface area contributed by atoms with Crippen molar-refractivity contribution in [3.05, 3.63) is 64.1 Å². The first-order valence-corrected chi connectivity index (χ1v) is 12.6. The van der Waals surface area contributed by atoms with Gasteiger partial charge in [0.2, 0.25) is 0 Å². The monoisotopic (exact) mass is 549 g/mol. The number of rotatable bonds is 5. The van der Waals surface area contributed by atoms with Gasteiger partial charge >= 0.3 is 0 Å². The van der Waals surface area contributed by atoms with E-state index in [0.29, 0.717) is 12.2 Å². The minimum Gasteiger partial charge on any atom is -0.469 e. The van der Waals surface area contributed by atoms with Crippen LogP contribution in [0.5, 0.6) is 0 Å². The first-order chi connectivity index (χ1) is 15.8. The Balaban J connectivity index is 0.000000366. The molecule has 1 aromatic heterocycles. The van der Waals surface area contributed by atoms with E-state index in [2.05, 4.69) is 49.2 Å². The van der Waals surface area contributed by atoms with E-state index in [-0.39, 0.29) is 30.0 Å². The summed E-state index contributed by atoms with van der Waals surface area (Å²) in [4.78, 5) is 24.0. The van der Waals surface area contributed by atoms with Crippen molar-refractivity contribution in [3.63, 3.8) is 0 Å². The fraction of sp³-hybridized carbons (Fsp3) is 0.640. The van der Waals surface area contributed by atoms with Crippen LogP contribution in [0.3, 0.4) is 0 Å². The number of ether oxygens (including phenoxy) is 1. The second-order valence-electron chi connectivity index (χ2n) is 10.8. The molecule has 2 heterocycles. The maximum Gasteiger partial charge on any atom is 0.176 e. The molecule has 4 rings (SSSR count). The molecule has 2 aliphatic carbocycles. The van der Waals surface area contributed by atoms with Crippen LogP contribution >= 0.6 is 0 Å². The average molecular weight is 550 g/mol. The first kappa shape index (κ1) is 30.3. The Kier molecular flexibility index (Phi) is 9.35. The predicted octanol–water partition coefficient (Wildman–Crippen LogP) is 5.20. The molecule has 0 unspecified atom stereocenters. The van der Waals surface area contributed by atoms with E-state index < -0.39 is 38.3 Å². The Morgan fingerprint density at radius 1 is 1.06 bits per heavy atom. The van der Waals surface area contributed by atoms with E-state index >= 15 is 0 Å². The molecule has 1 aromatic rings. The molecule has 35 heavy (non-hydrogen) atoms. The summed E-state index contributed by atoms with van der Waals surface area (Å²) in [5.41, 5.74) is -3.88. The number of nitroso groups, excluding NO2 is 2. The molecule has 0 aromatic carbocycles. The van der Waals surface area contributed by atoms with Crippen LogP contribution in [0.15, 0.2) is 33.2 Å². The van der Waals surface area contributed by atoms with Crippen LogP contribution in [0, 0.1) is 39.9 Å². The van der Waals surface area contributed by atoms with Gasteiger partial charge in [-0.1, -0.05) is 38.0 Å².